The summed E-state index contributed by atoms with van der Waals surface area (Å²) in [6.07, 6.45) is 0.493. The van der Waals surface area contributed by atoms with Gasteiger partial charge in [-0.2, -0.15) is 0 Å². The molecule has 0 amide bonds. The lowest BCUT2D eigenvalue weighted by Gasteiger charge is -2.10. The van der Waals surface area contributed by atoms with E-state index in [4.69, 9.17) is 10.8 Å². The lowest BCUT2D eigenvalue weighted by atomic mass is 10.1. The van der Waals surface area contributed by atoms with Gasteiger partial charge in [-0.15, -0.1) is 9.24 Å². The quantitative estimate of drug-likeness (QED) is 0.686. The van der Waals surface area contributed by atoms with E-state index in [-0.39, 0.29) is 18.5 Å². The van der Waals surface area contributed by atoms with Crippen LogP contribution < -0.4 is 11.0 Å². The molecule has 72 valence electrons. The Balaban J connectivity index is 2.83. The average molecular weight is 201 g/mol. The van der Waals surface area contributed by atoms with Crippen LogP contribution in [-0.4, -0.2) is 17.8 Å². The molecule has 13 heavy (non-hydrogen) atoms. The minimum Gasteiger partial charge on any atom is -0.395 e. The van der Waals surface area contributed by atoms with E-state index in [1.807, 2.05) is 0 Å². The molecule has 0 aliphatic heterocycles. The van der Waals surface area contributed by atoms with E-state index < -0.39 is 0 Å². The fourth-order valence-corrected chi connectivity index (χ4v) is 1.42. The molecule has 4 heteroatoms. The Hall–Kier alpha value is -0.500. The average Bonchev–Trinajstić information content (AvgIpc) is 2.13. The molecule has 0 bridgehead atoms. The Kier molecular flexibility index (Phi) is 3.79. The molecule has 3 N–H and O–H groups in total. The molecule has 1 aromatic rings. The van der Waals surface area contributed by atoms with Gasteiger partial charge < -0.3 is 10.8 Å². The summed E-state index contributed by atoms with van der Waals surface area (Å²) in [5, 5.41) is 9.26. The molecule has 1 aromatic carbocycles. The third-order valence-electron chi connectivity index (χ3n) is 1.86. The van der Waals surface area contributed by atoms with Crippen molar-refractivity contribution in [2.24, 2.45) is 5.73 Å². The first-order valence-electron chi connectivity index (χ1n) is 4.04. The maximum Gasteiger partial charge on any atom is 0.130 e. The highest BCUT2D eigenvalue weighted by Gasteiger charge is 2.07. The summed E-state index contributed by atoms with van der Waals surface area (Å²) >= 11 is 0. The third kappa shape index (κ3) is 2.73. The summed E-state index contributed by atoms with van der Waals surface area (Å²) in [5.41, 5.74) is 6.37. The summed E-state index contributed by atoms with van der Waals surface area (Å²) in [5.74, 6) is -0.257. The van der Waals surface area contributed by atoms with Gasteiger partial charge in [-0.05, 0) is 18.1 Å². The van der Waals surface area contributed by atoms with Crippen LogP contribution >= 0.6 is 9.24 Å². The number of hydrogen-bond acceptors (Lipinski definition) is 2. The molecule has 0 fully saturated rings. The second kappa shape index (κ2) is 4.66. The fourth-order valence-electron chi connectivity index (χ4n) is 1.11. The van der Waals surface area contributed by atoms with Gasteiger partial charge in [0.1, 0.15) is 5.82 Å². The SMILES string of the molecule is NC(CO)Cc1cccc(F)c1P. The summed E-state index contributed by atoms with van der Waals surface area (Å²) in [6.45, 7) is -0.0827. The summed E-state index contributed by atoms with van der Waals surface area (Å²) in [7, 11) is 2.34. The van der Waals surface area contributed by atoms with Crippen LogP contribution in [0.3, 0.4) is 0 Å². The maximum absolute atomic E-state index is 13.0. The first-order chi connectivity index (χ1) is 6.15. The molecule has 2 nitrogen and oxygen atoms in total. The summed E-state index contributed by atoms with van der Waals surface area (Å²) in [4.78, 5) is 0. The maximum atomic E-state index is 13.0. The molecule has 0 heterocycles. The highest BCUT2D eigenvalue weighted by molar-refractivity contribution is 7.27. The Morgan fingerprint density at radius 1 is 1.54 bits per heavy atom. The monoisotopic (exact) mass is 201 g/mol. The molecule has 0 saturated heterocycles. The number of halogens is 1. The molecular weight excluding hydrogens is 188 g/mol. The Morgan fingerprint density at radius 3 is 2.85 bits per heavy atom. The largest absolute Gasteiger partial charge is 0.395 e. The molecule has 0 aliphatic carbocycles. The van der Waals surface area contributed by atoms with E-state index in [1.54, 1.807) is 12.1 Å². The van der Waals surface area contributed by atoms with Gasteiger partial charge in [0.05, 0.1) is 6.61 Å². The van der Waals surface area contributed by atoms with Crippen molar-refractivity contribution in [1.82, 2.24) is 0 Å². The number of rotatable bonds is 3. The highest BCUT2D eigenvalue weighted by Crippen LogP contribution is 2.07. The van der Waals surface area contributed by atoms with Crippen LogP contribution in [0, 0.1) is 5.82 Å². The second-order valence-corrected chi connectivity index (χ2v) is 3.54. The van der Waals surface area contributed by atoms with E-state index in [1.165, 1.54) is 6.07 Å². The minimum absolute atomic E-state index is 0.0827. The topological polar surface area (TPSA) is 46.2 Å². The van der Waals surface area contributed by atoms with Crippen molar-refractivity contribution in [1.29, 1.82) is 0 Å². The number of hydrogen-bond donors (Lipinski definition) is 2. The van der Waals surface area contributed by atoms with Gasteiger partial charge in [0, 0.05) is 11.3 Å². The molecular formula is C9H13FNOP. The van der Waals surface area contributed by atoms with E-state index in [0.29, 0.717) is 11.7 Å². The van der Waals surface area contributed by atoms with Crippen molar-refractivity contribution in [2.75, 3.05) is 6.61 Å². The zero-order chi connectivity index (χ0) is 9.84. The van der Waals surface area contributed by atoms with Crippen LogP contribution in [0.1, 0.15) is 5.56 Å². The molecule has 1 rings (SSSR count). The van der Waals surface area contributed by atoms with Gasteiger partial charge in [0.2, 0.25) is 0 Å². The molecule has 0 aromatic heterocycles. The van der Waals surface area contributed by atoms with Gasteiger partial charge in [-0.1, -0.05) is 12.1 Å². The Bertz CT molecular complexity index is 293. The summed E-state index contributed by atoms with van der Waals surface area (Å²) in [6, 6.07) is 4.53. The van der Waals surface area contributed by atoms with Crippen molar-refractivity contribution in [3.8, 4) is 0 Å². The summed E-state index contributed by atoms with van der Waals surface area (Å²) < 4.78 is 13.0. The van der Waals surface area contributed by atoms with Crippen molar-refractivity contribution >= 4 is 14.5 Å². The normalized spacial score (nSPS) is 12.9. The van der Waals surface area contributed by atoms with E-state index in [0.717, 1.165) is 5.56 Å². The first-order valence-corrected chi connectivity index (χ1v) is 4.62. The van der Waals surface area contributed by atoms with E-state index >= 15 is 0 Å². The lowest BCUT2D eigenvalue weighted by molar-refractivity contribution is 0.265. The van der Waals surface area contributed by atoms with E-state index in [9.17, 15) is 4.39 Å². The van der Waals surface area contributed by atoms with E-state index in [2.05, 4.69) is 9.24 Å². The highest BCUT2D eigenvalue weighted by atomic mass is 31.0. The zero-order valence-electron chi connectivity index (χ0n) is 7.20. The lowest BCUT2D eigenvalue weighted by Crippen LogP contribution is -2.28. The van der Waals surface area contributed by atoms with Crippen LogP contribution in [0.4, 0.5) is 4.39 Å². The van der Waals surface area contributed by atoms with Crippen molar-refractivity contribution in [3.05, 3.63) is 29.6 Å². The smallest absolute Gasteiger partial charge is 0.130 e. The number of aliphatic hydroxyl groups excluding tert-OH is 1. The van der Waals surface area contributed by atoms with Gasteiger partial charge in [-0.3, -0.25) is 0 Å². The minimum atomic E-state index is -0.318. The predicted molar refractivity (Wildman–Crippen MR) is 54.5 cm³/mol. The van der Waals surface area contributed by atoms with Crippen LogP contribution in [0.25, 0.3) is 0 Å². The van der Waals surface area contributed by atoms with Crippen LogP contribution in [0.5, 0.6) is 0 Å². The van der Waals surface area contributed by atoms with Crippen LogP contribution in [0.2, 0.25) is 0 Å². The van der Waals surface area contributed by atoms with Crippen LogP contribution in [-0.2, 0) is 6.42 Å². The standard InChI is InChI=1S/C9H13FNOP/c10-8-3-1-2-6(9(8)13)4-7(11)5-12/h1-3,7,12H,4-5,11,13H2. The third-order valence-corrected chi connectivity index (χ3v) is 2.51. The number of nitrogens with two attached hydrogens (primary N) is 1. The van der Waals surface area contributed by atoms with Crippen molar-refractivity contribution in [3.63, 3.8) is 0 Å². The number of aliphatic hydroxyl groups is 1. The predicted octanol–water partition coefficient (Wildman–Crippen LogP) is 0.188. The van der Waals surface area contributed by atoms with Crippen molar-refractivity contribution in [2.45, 2.75) is 12.5 Å². The van der Waals surface area contributed by atoms with Gasteiger partial charge in [0.25, 0.3) is 0 Å². The fraction of sp³-hybridized carbons (Fsp3) is 0.333. The van der Waals surface area contributed by atoms with Crippen LogP contribution in [0.15, 0.2) is 18.2 Å². The molecule has 0 spiro atoms. The Labute approximate surface area is 79.2 Å². The van der Waals surface area contributed by atoms with Gasteiger partial charge in [-0.25, -0.2) is 4.39 Å². The molecule has 2 unspecified atom stereocenters. The second-order valence-electron chi connectivity index (χ2n) is 2.96. The molecule has 0 radical (unpaired) electrons. The van der Waals surface area contributed by atoms with Gasteiger partial charge >= 0.3 is 0 Å². The van der Waals surface area contributed by atoms with Gasteiger partial charge in [0.15, 0.2) is 0 Å². The first kappa shape index (κ1) is 10.6. The Morgan fingerprint density at radius 2 is 2.23 bits per heavy atom. The molecule has 0 aliphatic rings. The molecule has 0 saturated carbocycles. The van der Waals surface area contributed by atoms with Crippen molar-refractivity contribution < 1.29 is 9.50 Å². The number of benzene rings is 1. The zero-order valence-corrected chi connectivity index (χ0v) is 8.36. The molecule has 2 atom stereocenters.